The number of rotatable bonds is 5. The first-order valence-corrected chi connectivity index (χ1v) is 12.1. The largest absolute Gasteiger partial charge is 0.334 e. The number of carbonyl (C=O) groups excluding carboxylic acids is 2. The summed E-state index contributed by atoms with van der Waals surface area (Å²) in [5.74, 6) is 1.25. The van der Waals surface area contributed by atoms with Crippen molar-refractivity contribution in [1.82, 2.24) is 19.4 Å². The molecule has 1 aromatic heterocycles. The number of fused-ring (bicyclic) bond motifs is 1. The Morgan fingerprint density at radius 3 is 2.53 bits per heavy atom. The smallest absolute Gasteiger partial charge is 0.243 e. The number of benzene rings is 1. The second-order valence-electron chi connectivity index (χ2n) is 10.0. The van der Waals surface area contributed by atoms with E-state index in [0.717, 1.165) is 44.3 Å². The maximum absolute atomic E-state index is 13.8. The Kier molecular flexibility index (Phi) is 5.34. The lowest BCUT2D eigenvalue weighted by Crippen LogP contribution is -2.62. The van der Waals surface area contributed by atoms with Gasteiger partial charge >= 0.3 is 0 Å². The van der Waals surface area contributed by atoms with E-state index >= 15 is 0 Å². The van der Waals surface area contributed by atoms with E-state index in [1.807, 2.05) is 16.8 Å². The summed E-state index contributed by atoms with van der Waals surface area (Å²) in [5.41, 5.74) is 1.20. The molecule has 6 nitrogen and oxygen atoms in total. The van der Waals surface area contributed by atoms with Crippen LogP contribution in [0.5, 0.6) is 0 Å². The summed E-state index contributed by atoms with van der Waals surface area (Å²) in [7, 11) is 0. The van der Waals surface area contributed by atoms with Gasteiger partial charge in [0.1, 0.15) is 12.4 Å². The molecule has 0 radical (unpaired) electrons. The zero-order chi connectivity index (χ0) is 22.5. The zero-order valence-electron chi connectivity index (χ0n) is 19.4. The van der Waals surface area contributed by atoms with Gasteiger partial charge in [-0.25, -0.2) is 4.98 Å². The lowest BCUT2D eigenvalue weighted by Gasteiger charge is -2.52. The third kappa shape index (κ3) is 3.26. The van der Waals surface area contributed by atoms with Gasteiger partial charge in [-0.2, -0.15) is 0 Å². The first-order chi connectivity index (χ1) is 15.4. The molecule has 2 aliphatic heterocycles. The summed E-state index contributed by atoms with van der Waals surface area (Å²) < 4.78 is 1.99. The van der Waals surface area contributed by atoms with Crippen LogP contribution in [0.4, 0.5) is 0 Å². The van der Waals surface area contributed by atoms with Crippen molar-refractivity contribution < 1.29 is 9.59 Å². The molecule has 5 rings (SSSR count). The van der Waals surface area contributed by atoms with Crippen LogP contribution >= 0.6 is 0 Å². The van der Waals surface area contributed by atoms with E-state index in [9.17, 15) is 9.59 Å². The highest BCUT2D eigenvalue weighted by Gasteiger charge is 2.64. The second-order valence-corrected chi connectivity index (χ2v) is 10.0. The molecule has 1 aromatic carbocycles. The fraction of sp³-hybridized carbons (Fsp3) is 0.577. The fourth-order valence-corrected chi connectivity index (χ4v) is 7.02. The minimum Gasteiger partial charge on any atom is -0.334 e. The maximum Gasteiger partial charge on any atom is 0.243 e. The van der Waals surface area contributed by atoms with Crippen LogP contribution in [0.3, 0.4) is 0 Å². The number of hydrogen-bond donors (Lipinski definition) is 0. The third-order valence-corrected chi connectivity index (χ3v) is 8.32. The van der Waals surface area contributed by atoms with E-state index in [1.165, 1.54) is 5.56 Å². The highest BCUT2D eigenvalue weighted by Crippen LogP contribution is 2.56. The van der Waals surface area contributed by atoms with Gasteiger partial charge in [0, 0.05) is 43.2 Å². The summed E-state index contributed by atoms with van der Waals surface area (Å²) in [6.07, 6.45) is 9.41. The predicted molar refractivity (Wildman–Crippen MR) is 123 cm³/mol. The van der Waals surface area contributed by atoms with Crippen LogP contribution in [0.1, 0.15) is 57.8 Å². The van der Waals surface area contributed by atoms with Crippen molar-refractivity contribution in [3.8, 4) is 0 Å². The molecule has 6 heteroatoms. The first kappa shape index (κ1) is 21.2. The number of likely N-dealkylation sites (tertiary alicyclic amines) is 2. The molecule has 32 heavy (non-hydrogen) atoms. The van der Waals surface area contributed by atoms with E-state index in [0.29, 0.717) is 6.54 Å². The summed E-state index contributed by atoms with van der Waals surface area (Å²) in [5, 5.41) is 0. The molecule has 0 N–H and O–H groups in total. The molecule has 0 unspecified atom stereocenters. The summed E-state index contributed by atoms with van der Waals surface area (Å²) >= 11 is 0. The van der Waals surface area contributed by atoms with Crippen LogP contribution in [0, 0.1) is 5.41 Å². The Balaban J connectivity index is 1.53. The van der Waals surface area contributed by atoms with Gasteiger partial charge in [-0.1, -0.05) is 44.2 Å². The molecule has 2 saturated heterocycles. The lowest BCUT2D eigenvalue weighted by atomic mass is 9.64. The van der Waals surface area contributed by atoms with Crippen molar-refractivity contribution >= 4 is 11.8 Å². The molecule has 2 bridgehead atoms. The number of aromatic nitrogens is 2. The SMILES string of the molecule is CCc1nccn1CC(=O)N1[C@H]2CCC[C@H]3N(C(C)=O)[C@H](Cc4ccccc4)[C@@H]1C[C@@]23C. The van der Waals surface area contributed by atoms with Crippen molar-refractivity contribution in [2.45, 2.75) is 90.0 Å². The van der Waals surface area contributed by atoms with Crippen molar-refractivity contribution in [2.24, 2.45) is 5.41 Å². The Labute approximate surface area is 190 Å². The Morgan fingerprint density at radius 2 is 1.84 bits per heavy atom. The molecule has 1 aliphatic carbocycles. The average molecular weight is 435 g/mol. The minimum atomic E-state index is -0.0278. The van der Waals surface area contributed by atoms with Gasteiger partial charge in [0.05, 0.1) is 12.1 Å². The van der Waals surface area contributed by atoms with Gasteiger partial charge in [-0.15, -0.1) is 0 Å². The van der Waals surface area contributed by atoms with E-state index in [1.54, 1.807) is 13.1 Å². The predicted octanol–water partition coefficient (Wildman–Crippen LogP) is 3.45. The normalized spacial score (nSPS) is 31.1. The van der Waals surface area contributed by atoms with Crippen LogP contribution in [0.25, 0.3) is 0 Å². The molecule has 1 saturated carbocycles. The van der Waals surface area contributed by atoms with Crippen LogP contribution in [-0.2, 0) is 29.0 Å². The standard InChI is InChI=1S/C26H34N4O2/c1-4-24-27-13-14-28(24)17-25(32)30-21-16-26(3)22(11-8-12-23(26)30)29(18(2)31)20(21)15-19-9-6-5-7-10-19/h5-7,9-10,13-14,20-23H,4,8,11-12,15-17H2,1-3H3/t20-,21+,22-,23+,26-/m1/s1. The molecule has 3 fully saturated rings. The van der Waals surface area contributed by atoms with Crippen LogP contribution in [0.2, 0.25) is 0 Å². The number of carbonyl (C=O) groups is 2. The monoisotopic (exact) mass is 434 g/mol. The summed E-state index contributed by atoms with van der Waals surface area (Å²) in [6.45, 7) is 6.43. The fourth-order valence-electron chi connectivity index (χ4n) is 7.02. The van der Waals surface area contributed by atoms with Gasteiger partial charge in [-0.05, 0) is 37.7 Å². The zero-order valence-corrected chi connectivity index (χ0v) is 19.4. The molecule has 3 aliphatic rings. The summed E-state index contributed by atoms with van der Waals surface area (Å²) in [4.78, 5) is 35.6. The van der Waals surface area contributed by atoms with Crippen LogP contribution in [-0.4, -0.2) is 55.3 Å². The molecular formula is C26H34N4O2. The number of imidazole rings is 1. The molecule has 170 valence electrons. The van der Waals surface area contributed by atoms with Crippen LogP contribution < -0.4 is 0 Å². The van der Waals surface area contributed by atoms with Crippen molar-refractivity contribution in [2.75, 3.05) is 0 Å². The average Bonchev–Trinajstić information content (AvgIpc) is 3.34. The van der Waals surface area contributed by atoms with E-state index in [-0.39, 0.29) is 41.4 Å². The van der Waals surface area contributed by atoms with E-state index < -0.39 is 0 Å². The minimum absolute atomic E-state index is 0.0217. The maximum atomic E-state index is 13.8. The summed E-state index contributed by atoms with van der Waals surface area (Å²) in [6, 6.07) is 10.9. The van der Waals surface area contributed by atoms with Gasteiger partial charge in [0.15, 0.2) is 0 Å². The quantitative estimate of drug-likeness (QED) is 0.724. The molecular weight excluding hydrogens is 400 g/mol. The molecule has 2 amide bonds. The number of aryl methyl sites for hydroxylation is 1. The second kappa shape index (κ2) is 8.05. The topological polar surface area (TPSA) is 58.4 Å². The van der Waals surface area contributed by atoms with Gasteiger partial charge in [0.2, 0.25) is 11.8 Å². The van der Waals surface area contributed by atoms with Crippen LogP contribution in [0.15, 0.2) is 42.7 Å². The van der Waals surface area contributed by atoms with Gasteiger partial charge in [-0.3, -0.25) is 9.59 Å². The van der Waals surface area contributed by atoms with Gasteiger partial charge < -0.3 is 14.4 Å². The third-order valence-electron chi connectivity index (χ3n) is 8.32. The van der Waals surface area contributed by atoms with Crippen molar-refractivity contribution in [1.29, 1.82) is 0 Å². The molecule has 3 heterocycles. The Hall–Kier alpha value is -2.63. The Morgan fingerprint density at radius 1 is 1.12 bits per heavy atom. The number of amides is 2. The highest BCUT2D eigenvalue weighted by atomic mass is 16.2. The lowest BCUT2D eigenvalue weighted by molar-refractivity contribution is -0.143. The molecule has 2 aromatic rings. The number of nitrogens with zero attached hydrogens (tertiary/aromatic N) is 4. The number of piperidine rings is 1. The number of hydrogen-bond acceptors (Lipinski definition) is 3. The van der Waals surface area contributed by atoms with E-state index in [4.69, 9.17) is 0 Å². The molecule has 5 atom stereocenters. The first-order valence-electron chi connectivity index (χ1n) is 12.1. The van der Waals surface area contributed by atoms with Crippen molar-refractivity contribution in [3.05, 3.63) is 54.1 Å². The van der Waals surface area contributed by atoms with Crippen molar-refractivity contribution in [3.63, 3.8) is 0 Å². The highest BCUT2D eigenvalue weighted by molar-refractivity contribution is 5.79. The Bertz CT molecular complexity index is 1000. The van der Waals surface area contributed by atoms with Gasteiger partial charge in [0.25, 0.3) is 0 Å². The van der Waals surface area contributed by atoms with E-state index in [2.05, 4.69) is 52.9 Å². The molecule has 0 spiro atoms.